The van der Waals surface area contributed by atoms with E-state index in [1.807, 2.05) is 30.3 Å². The molecule has 0 bridgehead atoms. The first-order valence-corrected chi connectivity index (χ1v) is 9.76. The molecule has 0 saturated heterocycles. The molecule has 0 fully saturated rings. The van der Waals surface area contributed by atoms with Gasteiger partial charge in [-0.15, -0.1) is 0 Å². The van der Waals surface area contributed by atoms with Crippen molar-refractivity contribution >= 4 is 52.0 Å². The van der Waals surface area contributed by atoms with E-state index in [1.54, 1.807) is 12.1 Å². The van der Waals surface area contributed by atoms with E-state index in [9.17, 15) is 19.7 Å². The summed E-state index contributed by atoms with van der Waals surface area (Å²) in [5, 5.41) is 19.7. The number of ether oxygens (including phenoxy) is 1. The summed E-state index contributed by atoms with van der Waals surface area (Å²) >= 11 is 5.25. The number of esters is 1. The number of amides is 1. The van der Waals surface area contributed by atoms with E-state index in [2.05, 4.69) is 16.0 Å². The van der Waals surface area contributed by atoms with Gasteiger partial charge in [0.25, 0.3) is 11.6 Å². The standard InChI is InChI=1S/C22H18N4O5S/c27-20(23-18-7-4-8-19(13-18)26(29)30)14-31-21(28)15-9-11-17(12-10-15)25-22(32)24-16-5-2-1-3-6-16/h1-13H,14H2,(H,23,27)(H2,24,25,32). The van der Waals surface area contributed by atoms with Gasteiger partial charge < -0.3 is 20.7 Å². The number of rotatable bonds is 7. The van der Waals surface area contributed by atoms with Crippen molar-refractivity contribution in [2.45, 2.75) is 0 Å². The van der Waals surface area contributed by atoms with E-state index in [0.29, 0.717) is 10.8 Å². The van der Waals surface area contributed by atoms with Gasteiger partial charge in [-0.05, 0) is 54.7 Å². The molecule has 0 saturated carbocycles. The quantitative estimate of drug-likeness (QED) is 0.212. The Morgan fingerprint density at radius 3 is 2.12 bits per heavy atom. The van der Waals surface area contributed by atoms with Crippen LogP contribution in [0.15, 0.2) is 78.9 Å². The second-order valence-electron chi connectivity index (χ2n) is 6.45. The average Bonchev–Trinajstić information content (AvgIpc) is 2.78. The Hall–Kier alpha value is -4.31. The maximum atomic E-state index is 12.2. The number of nitro groups is 1. The highest BCUT2D eigenvalue weighted by Crippen LogP contribution is 2.17. The van der Waals surface area contributed by atoms with E-state index in [0.717, 1.165) is 5.69 Å². The molecule has 0 spiro atoms. The summed E-state index contributed by atoms with van der Waals surface area (Å²) in [5.74, 6) is -1.30. The van der Waals surface area contributed by atoms with Crippen molar-refractivity contribution in [1.29, 1.82) is 0 Å². The molecular weight excluding hydrogens is 432 g/mol. The molecule has 0 aliphatic heterocycles. The lowest BCUT2D eigenvalue weighted by molar-refractivity contribution is -0.384. The van der Waals surface area contributed by atoms with Crippen LogP contribution in [-0.4, -0.2) is 28.5 Å². The first kappa shape index (κ1) is 22.4. The maximum Gasteiger partial charge on any atom is 0.338 e. The van der Waals surface area contributed by atoms with Crippen LogP contribution in [-0.2, 0) is 9.53 Å². The van der Waals surface area contributed by atoms with Gasteiger partial charge >= 0.3 is 5.97 Å². The lowest BCUT2D eigenvalue weighted by Gasteiger charge is -2.11. The fourth-order valence-corrected chi connectivity index (χ4v) is 2.85. The smallest absolute Gasteiger partial charge is 0.338 e. The van der Waals surface area contributed by atoms with Crippen molar-refractivity contribution in [1.82, 2.24) is 0 Å². The zero-order chi connectivity index (χ0) is 22.9. The van der Waals surface area contributed by atoms with Gasteiger partial charge in [0.2, 0.25) is 0 Å². The Bertz CT molecular complexity index is 1140. The maximum absolute atomic E-state index is 12.2. The monoisotopic (exact) mass is 450 g/mol. The Kier molecular flexibility index (Phi) is 7.44. The lowest BCUT2D eigenvalue weighted by Crippen LogP contribution is -2.21. The van der Waals surface area contributed by atoms with E-state index >= 15 is 0 Å². The minimum atomic E-state index is -0.685. The van der Waals surface area contributed by atoms with E-state index in [-0.39, 0.29) is 16.9 Å². The number of hydrogen-bond donors (Lipinski definition) is 3. The highest BCUT2D eigenvalue weighted by atomic mass is 32.1. The van der Waals surface area contributed by atoms with Crippen LogP contribution >= 0.6 is 12.2 Å². The first-order chi connectivity index (χ1) is 15.4. The Labute approximate surface area is 188 Å². The summed E-state index contributed by atoms with van der Waals surface area (Å²) in [6.45, 7) is -0.535. The van der Waals surface area contributed by atoms with Gasteiger partial charge in [-0.3, -0.25) is 14.9 Å². The van der Waals surface area contributed by atoms with E-state index in [1.165, 1.54) is 36.4 Å². The minimum absolute atomic E-state index is 0.160. The summed E-state index contributed by atoms with van der Waals surface area (Å²) in [6.07, 6.45) is 0. The highest BCUT2D eigenvalue weighted by molar-refractivity contribution is 7.80. The average molecular weight is 450 g/mol. The molecule has 3 rings (SSSR count). The summed E-state index contributed by atoms with van der Waals surface area (Å²) in [4.78, 5) is 34.3. The lowest BCUT2D eigenvalue weighted by atomic mass is 10.2. The number of nitrogens with zero attached hydrogens (tertiary/aromatic N) is 1. The van der Waals surface area contributed by atoms with Crippen LogP contribution in [0, 0.1) is 10.1 Å². The molecule has 162 valence electrons. The van der Waals surface area contributed by atoms with Gasteiger partial charge in [-0.2, -0.15) is 0 Å². The SMILES string of the molecule is O=C(COC(=O)c1ccc(NC(=S)Nc2ccccc2)cc1)Nc1cccc([N+](=O)[O-])c1. The third-order valence-electron chi connectivity index (χ3n) is 4.09. The van der Waals surface area contributed by atoms with E-state index in [4.69, 9.17) is 17.0 Å². The number of carbonyl (C=O) groups excluding carboxylic acids is 2. The van der Waals surface area contributed by atoms with Gasteiger partial charge in [0.15, 0.2) is 11.7 Å². The van der Waals surface area contributed by atoms with Crippen LogP contribution in [0.2, 0.25) is 0 Å². The number of anilines is 3. The predicted molar refractivity (Wildman–Crippen MR) is 125 cm³/mol. The fraction of sp³-hybridized carbons (Fsp3) is 0.0455. The molecule has 3 aromatic carbocycles. The van der Waals surface area contributed by atoms with Crippen LogP contribution < -0.4 is 16.0 Å². The summed E-state index contributed by atoms with van der Waals surface area (Å²) in [6, 6.07) is 21.2. The molecule has 3 aromatic rings. The van der Waals surface area contributed by atoms with Crippen molar-refractivity contribution in [3.05, 3.63) is 94.5 Å². The molecule has 0 unspecified atom stereocenters. The summed E-state index contributed by atoms with van der Waals surface area (Å²) < 4.78 is 5.00. The van der Waals surface area contributed by atoms with Crippen LogP contribution in [0.25, 0.3) is 0 Å². The van der Waals surface area contributed by atoms with Crippen LogP contribution in [0.1, 0.15) is 10.4 Å². The molecule has 0 heterocycles. The van der Waals surface area contributed by atoms with Gasteiger partial charge in [0.05, 0.1) is 10.5 Å². The van der Waals surface area contributed by atoms with Crippen LogP contribution in [0.5, 0.6) is 0 Å². The number of non-ortho nitro benzene ring substituents is 1. The highest BCUT2D eigenvalue weighted by Gasteiger charge is 2.12. The van der Waals surface area contributed by atoms with Gasteiger partial charge in [-0.1, -0.05) is 24.3 Å². The predicted octanol–water partition coefficient (Wildman–Crippen LogP) is 4.20. The van der Waals surface area contributed by atoms with Crippen LogP contribution in [0.4, 0.5) is 22.7 Å². The number of benzene rings is 3. The first-order valence-electron chi connectivity index (χ1n) is 9.35. The Morgan fingerprint density at radius 1 is 0.844 bits per heavy atom. The Balaban J connectivity index is 1.48. The molecular formula is C22H18N4O5S. The van der Waals surface area contributed by atoms with Gasteiger partial charge in [0, 0.05) is 29.2 Å². The molecule has 3 N–H and O–H groups in total. The second-order valence-corrected chi connectivity index (χ2v) is 6.86. The zero-order valence-electron chi connectivity index (χ0n) is 16.6. The summed E-state index contributed by atoms with van der Waals surface area (Å²) in [5.41, 5.74) is 1.83. The molecule has 0 aromatic heterocycles. The minimum Gasteiger partial charge on any atom is -0.452 e. The molecule has 9 nitrogen and oxygen atoms in total. The largest absolute Gasteiger partial charge is 0.452 e. The zero-order valence-corrected chi connectivity index (χ0v) is 17.4. The van der Waals surface area contributed by atoms with Crippen molar-refractivity contribution in [3.8, 4) is 0 Å². The molecule has 0 atom stereocenters. The number of thiocarbonyl (C=S) groups is 1. The number of nitrogens with one attached hydrogen (secondary N) is 3. The molecule has 32 heavy (non-hydrogen) atoms. The number of carbonyl (C=O) groups is 2. The third-order valence-corrected chi connectivity index (χ3v) is 4.29. The van der Waals surface area contributed by atoms with Crippen molar-refractivity contribution in [2.75, 3.05) is 22.6 Å². The van der Waals surface area contributed by atoms with Crippen molar-refractivity contribution in [2.24, 2.45) is 0 Å². The topological polar surface area (TPSA) is 123 Å². The fourth-order valence-electron chi connectivity index (χ4n) is 2.61. The van der Waals surface area contributed by atoms with E-state index < -0.39 is 23.4 Å². The second kappa shape index (κ2) is 10.6. The van der Waals surface area contributed by atoms with Crippen molar-refractivity contribution < 1.29 is 19.2 Å². The van der Waals surface area contributed by atoms with Crippen molar-refractivity contribution in [3.63, 3.8) is 0 Å². The molecule has 1 amide bonds. The van der Waals surface area contributed by atoms with Gasteiger partial charge in [-0.25, -0.2) is 4.79 Å². The third kappa shape index (κ3) is 6.61. The Morgan fingerprint density at radius 2 is 1.47 bits per heavy atom. The molecule has 10 heteroatoms. The molecule has 0 aliphatic carbocycles. The molecule has 0 radical (unpaired) electrons. The number of hydrogen-bond acceptors (Lipinski definition) is 6. The van der Waals surface area contributed by atoms with Crippen LogP contribution in [0.3, 0.4) is 0 Å². The van der Waals surface area contributed by atoms with Gasteiger partial charge in [0.1, 0.15) is 0 Å². The summed E-state index contributed by atoms with van der Waals surface area (Å²) in [7, 11) is 0. The number of nitro benzene ring substituents is 1. The normalized spacial score (nSPS) is 10.0. The molecule has 0 aliphatic rings. The number of para-hydroxylation sites is 1.